The first-order valence-electron chi connectivity index (χ1n) is 9.20. The zero-order valence-electron chi connectivity index (χ0n) is 15.8. The van der Waals surface area contributed by atoms with Crippen molar-refractivity contribution in [2.75, 3.05) is 5.32 Å². The van der Waals surface area contributed by atoms with E-state index in [1.807, 2.05) is 19.1 Å². The van der Waals surface area contributed by atoms with Crippen LogP contribution in [-0.4, -0.2) is 30.5 Å². The van der Waals surface area contributed by atoms with Gasteiger partial charge in [0, 0.05) is 36.9 Å². The number of carbonyl (C=O) groups is 1. The van der Waals surface area contributed by atoms with E-state index in [0.29, 0.717) is 18.1 Å². The summed E-state index contributed by atoms with van der Waals surface area (Å²) in [7, 11) is 0. The number of hydrogen-bond acceptors (Lipinski definition) is 4. The zero-order valence-corrected chi connectivity index (χ0v) is 15.8. The molecule has 146 valence electrons. The molecule has 1 N–H and O–H groups in total. The van der Waals surface area contributed by atoms with Crippen LogP contribution in [0.3, 0.4) is 0 Å². The molecule has 0 aliphatic carbocycles. The Bertz CT molecular complexity index is 1100. The van der Waals surface area contributed by atoms with E-state index in [9.17, 15) is 9.18 Å². The third kappa shape index (κ3) is 3.91. The van der Waals surface area contributed by atoms with E-state index < -0.39 is 0 Å². The maximum Gasteiger partial charge on any atom is 0.247 e. The van der Waals surface area contributed by atoms with Crippen molar-refractivity contribution < 1.29 is 9.18 Å². The predicted octanol–water partition coefficient (Wildman–Crippen LogP) is 3.61. The summed E-state index contributed by atoms with van der Waals surface area (Å²) in [6.07, 6.45) is 6.72. The van der Waals surface area contributed by atoms with Crippen LogP contribution >= 0.6 is 0 Å². The van der Waals surface area contributed by atoms with Crippen LogP contribution in [-0.2, 0) is 17.9 Å². The number of rotatable bonds is 6. The molecular formula is C21H19FN6O. The number of nitrogens with one attached hydrogen (secondary N) is 1. The standard InChI is InChI=1S/C21H19FN6O/c1-2-28-21(25-18(29)14-27-13-3-10-24-27)19(15-8-11-23-12-9-15)20(26-28)16-4-6-17(22)7-5-16/h3-13H,2,14H2,1H3,(H,25,29). The summed E-state index contributed by atoms with van der Waals surface area (Å²) in [6, 6.07) is 11.6. The molecule has 0 fully saturated rings. The number of aromatic nitrogens is 5. The first-order chi connectivity index (χ1) is 14.2. The van der Waals surface area contributed by atoms with Gasteiger partial charge in [-0.2, -0.15) is 10.2 Å². The Hall–Kier alpha value is -3.81. The monoisotopic (exact) mass is 390 g/mol. The summed E-state index contributed by atoms with van der Waals surface area (Å²) in [5.41, 5.74) is 3.03. The number of benzene rings is 1. The fraction of sp³-hybridized carbons (Fsp3) is 0.143. The number of carbonyl (C=O) groups excluding carboxylic acids is 1. The maximum atomic E-state index is 13.4. The molecule has 0 unspecified atom stereocenters. The van der Waals surface area contributed by atoms with E-state index in [-0.39, 0.29) is 18.3 Å². The zero-order chi connectivity index (χ0) is 20.2. The summed E-state index contributed by atoms with van der Waals surface area (Å²) in [5, 5.41) is 11.7. The molecule has 7 nitrogen and oxygen atoms in total. The molecule has 3 aromatic heterocycles. The summed E-state index contributed by atoms with van der Waals surface area (Å²) < 4.78 is 16.7. The molecule has 0 bridgehead atoms. The Kier molecular flexibility index (Phi) is 5.15. The van der Waals surface area contributed by atoms with Crippen molar-refractivity contribution in [1.82, 2.24) is 24.5 Å². The highest BCUT2D eigenvalue weighted by Gasteiger charge is 2.22. The number of amides is 1. The summed E-state index contributed by atoms with van der Waals surface area (Å²) in [4.78, 5) is 16.7. The van der Waals surface area contributed by atoms with Gasteiger partial charge in [0.15, 0.2) is 0 Å². The number of nitrogens with zero attached hydrogens (tertiary/aromatic N) is 5. The van der Waals surface area contributed by atoms with Gasteiger partial charge in [0.1, 0.15) is 23.9 Å². The van der Waals surface area contributed by atoms with E-state index >= 15 is 0 Å². The van der Waals surface area contributed by atoms with Gasteiger partial charge in [0.25, 0.3) is 0 Å². The van der Waals surface area contributed by atoms with Crippen molar-refractivity contribution in [2.24, 2.45) is 0 Å². The predicted molar refractivity (Wildman–Crippen MR) is 107 cm³/mol. The Morgan fingerprint density at radius 2 is 1.83 bits per heavy atom. The van der Waals surface area contributed by atoms with Crippen molar-refractivity contribution in [1.29, 1.82) is 0 Å². The molecule has 0 atom stereocenters. The van der Waals surface area contributed by atoms with Crippen LogP contribution in [0.25, 0.3) is 22.4 Å². The second-order valence-corrected chi connectivity index (χ2v) is 6.38. The molecule has 0 radical (unpaired) electrons. The fourth-order valence-corrected chi connectivity index (χ4v) is 3.13. The van der Waals surface area contributed by atoms with Gasteiger partial charge in [-0.05, 0) is 55.0 Å². The molecule has 29 heavy (non-hydrogen) atoms. The lowest BCUT2D eigenvalue weighted by Gasteiger charge is -2.11. The number of anilines is 1. The highest BCUT2D eigenvalue weighted by molar-refractivity contribution is 5.98. The van der Waals surface area contributed by atoms with E-state index in [4.69, 9.17) is 5.10 Å². The first-order valence-corrected chi connectivity index (χ1v) is 9.20. The van der Waals surface area contributed by atoms with Crippen LogP contribution in [0, 0.1) is 5.82 Å². The minimum atomic E-state index is -0.318. The van der Waals surface area contributed by atoms with E-state index in [1.165, 1.54) is 12.1 Å². The Labute approximate surface area is 166 Å². The normalized spacial score (nSPS) is 10.8. The minimum absolute atomic E-state index is 0.0869. The Morgan fingerprint density at radius 3 is 2.48 bits per heavy atom. The molecule has 1 amide bonds. The summed E-state index contributed by atoms with van der Waals surface area (Å²) in [5.74, 6) is 0.0429. The molecule has 8 heteroatoms. The average molecular weight is 390 g/mol. The second-order valence-electron chi connectivity index (χ2n) is 6.38. The topological polar surface area (TPSA) is 77.6 Å². The molecule has 0 aliphatic rings. The molecule has 1 aromatic carbocycles. The van der Waals surface area contributed by atoms with Gasteiger partial charge in [-0.15, -0.1) is 0 Å². The molecule has 0 spiro atoms. The van der Waals surface area contributed by atoms with E-state index in [0.717, 1.165) is 16.7 Å². The van der Waals surface area contributed by atoms with Crippen LogP contribution < -0.4 is 5.32 Å². The van der Waals surface area contributed by atoms with Crippen molar-refractivity contribution in [3.05, 3.63) is 73.1 Å². The van der Waals surface area contributed by atoms with E-state index in [1.54, 1.807) is 52.4 Å². The SMILES string of the molecule is CCn1nc(-c2ccc(F)cc2)c(-c2ccncc2)c1NC(=O)Cn1cccn1. The van der Waals surface area contributed by atoms with Crippen LogP contribution in [0.2, 0.25) is 0 Å². The van der Waals surface area contributed by atoms with Gasteiger partial charge in [-0.25, -0.2) is 9.07 Å². The molecule has 0 saturated carbocycles. The molecule has 0 saturated heterocycles. The highest BCUT2D eigenvalue weighted by atomic mass is 19.1. The lowest BCUT2D eigenvalue weighted by molar-refractivity contribution is -0.116. The molecular weight excluding hydrogens is 371 g/mol. The highest BCUT2D eigenvalue weighted by Crippen LogP contribution is 2.37. The van der Waals surface area contributed by atoms with E-state index in [2.05, 4.69) is 15.4 Å². The van der Waals surface area contributed by atoms with Crippen LogP contribution in [0.5, 0.6) is 0 Å². The van der Waals surface area contributed by atoms with Gasteiger partial charge < -0.3 is 5.32 Å². The van der Waals surface area contributed by atoms with Crippen LogP contribution in [0.4, 0.5) is 10.2 Å². The Balaban J connectivity index is 1.80. The fourth-order valence-electron chi connectivity index (χ4n) is 3.13. The van der Waals surface area contributed by atoms with Crippen LogP contribution in [0.1, 0.15) is 6.92 Å². The lowest BCUT2D eigenvalue weighted by Crippen LogP contribution is -2.21. The number of halogens is 1. The van der Waals surface area contributed by atoms with Gasteiger partial charge in [-0.3, -0.25) is 14.5 Å². The van der Waals surface area contributed by atoms with Gasteiger partial charge >= 0.3 is 0 Å². The molecule has 3 heterocycles. The first kappa shape index (κ1) is 18.5. The third-order valence-electron chi connectivity index (χ3n) is 4.46. The van der Waals surface area contributed by atoms with Gasteiger partial charge in [-0.1, -0.05) is 0 Å². The number of pyridine rings is 1. The number of aryl methyl sites for hydroxylation is 1. The van der Waals surface area contributed by atoms with Gasteiger partial charge in [0.05, 0.1) is 5.56 Å². The lowest BCUT2D eigenvalue weighted by atomic mass is 10.0. The van der Waals surface area contributed by atoms with Crippen molar-refractivity contribution in [3.63, 3.8) is 0 Å². The maximum absolute atomic E-state index is 13.4. The van der Waals surface area contributed by atoms with Crippen LogP contribution in [0.15, 0.2) is 67.3 Å². The van der Waals surface area contributed by atoms with Crippen molar-refractivity contribution in [3.8, 4) is 22.4 Å². The minimum Gasteiger partial charge on any atom is -0.309 e. The van der Waals surface area contributed by atoms with Crippen molar-refractivity contribution >= 4 is 11.7 Å². The van der Waals surface area contributed by atoms with Crippen molar-refractivity contribution in [2.45, 2.75) is 20.0 Å². The average Bonchev–Trinajstić information content (AvgIpc) is 3.37. The second kappa shape index (κ2) is 8.05. The quantitative estimate of drug-likeness (QED) is 0.546. The number of hydrogen-bond donors (Lipinski definition) is 1. The molecule has 4 rings (SSSR count). The summed E-state index contributed by atoms with van der Waals surface area (Å²) >= 11 is 0. The Morgan fingerprint density at radius 1 is 1.07 bits per heavy atom. The summed E-state index contributed by atoms with van der Waals surface area (Å²) in [6.45, 7) is 2.58. The largest absolute Gasteiger partial charge is 0.309 e. The molecule has 4 aromatic rings. The third-order valence-corrected chi connectivity index (χ3v) is 4.46. The molecule has 0 aliphatic heterocycles. The smallest absolute Gasteiger partial charge is 0.247 e. The van der Waals surface area contributed by atoms with Gasteiger partial charge in [0.2, 0.25) is 5.91 Å².